The molecule has 0 saturated heterocycles. The Morgan fingerprint density at radius 1 is 0.400 bits per heavy atom. The van der Waals surface area contributed by atoms with Crippen molar-refractivity contribution < 1.29 is 0 Å². The molecule has 50 heavy (non-hydrogen) atoms. The van der Waals surface area contributed by atoms with Crippen molar-refractivity contribution >= 4 is 56.4 Å². The summed E-state index contributed by atoms with van der Waals surface area (Å²) in [6.07, 6.45) is 9.00. The summed E-state index contributed by atoms with van der Waals surface area (Å²) in [6, 6.07) is 60.1. The Balaban J connectivity index is 1.05. The lowest BCUT2D eigenvalue weighted by atomic mass is 9.49. The van der Waals surface area contributed by atoms with Crippen LogP contribution < -0.4 is 4.81 Å². The van der Waals surface area contributed by atoms with Crippen LogP contribution in [0.5, 0.6) is 0 Å². The maximum Gasteiger partial charge on any atom is 0.320 e. The van der Waals surface area contributed by atoms with Crippen LogP contribution in [-0.2, 0) is 0 Å². The fourth-order valence-corrected chi connectivity index (χ4v) is 7.90. The lowest BCUT2D eigenvalue weighted by Gasteiger charge is -2.36. The summed E-state index contributed by atoms with van der Waals surface area (Å²) in [5, 5.41) is 7.60. The Morgan fingerprint density at radius 2 is 0.920 bits per heavy atom. The fraction of sp³-hybridized carbons (Fsp3) is 0. The maximum atomic E-state index is 2.45. The molecule has 8 aromatic rings. The molecule has 8 aromatic carbocycles. The van der Waals surface area contributed by atoms with E-state index in [1.807, 2.05) is 0 Å². The second kappa shape index (κ2) is 11.6. The number of hydrogen-bond acceptors (Lipinski definition) is 1. The van der Waals surface area contributed by atoms with Gasteiger partial charge in [-0.3, -0.25) is 0 Å². The van der Waals surface area contributed by atoms with Gasteiger partial charge in [0.2, 0.25) is 0 Å². The molecular formula is C48H32BN. The molecule has 0 unspecified atom stereocenters. The minimum Gasteiger partial charge on any atom is -0.383 e. The maximum absolute atomic E-state index is 2.45. The Morgan fingerprint density at radius 3 is 1.56 bits per heavy atom. The van der Waals surface area contributed by atoms with Crippen molar-refractivity contribution in [3.05, 3.63) is 199 Å². The normalized spacial score (nSPS) is 13.5. The van der Waals surface area contributed by atoms with Crippen LogP contribution in [0.25, 0.3) is 77.2 Å². The highest BCUT2D eigenvalue weighted by molar-refractivity contribution is 6.88. The molecule has 2 aliphatic rings. The molecule has 0 radical (unpaired) electrons. The van der Waals surface area contributed by atoms with Crippen LogP contribution >= 0.6 is 0 Å². The van der Waals surface area contributed by atoms with Crippen molar-refractivity contribution in [3.8, 4) is 33.4 Å². The third-order valence-electron chi connectivity index (χ3n) is 10.5. The van der Waals surface area contributed by atoms with Crippen molar-refractivity contribution in [2.75, 3.05) is 4.81 Å². The van der Waals surface area contributed by atoms with Gasteiger partial charge in [-0.1, -0.05) is 164 Å². The summed E-state index contributed by atoms with van der Waals surface area (Å²) in [5.74, 6) is 2.32. The van der Waals surface area contributed by atoms with Crippen molar-refractivity contribution in [1.82, 2.24) is 0 Å². The van der Waals surface area contributed by atoms with Gasteiger partial charge >= 0.3 is 6.85 Å². The predicted octanol–water partition coefficient (Wildman–Crippen LogP) is 12.7. The zero-order valence-electron chi connectivity index (χ0n) is 27.5. The van der Waals surface area contributed by atoms with Gasteiger partial charge in [0.25, 0.3) is 0 Å². The molecule has 2 heteroatoms. The molecule has 0 amide bonds. The molecular weight excluding hydrogens is 601 g/mol. The van der Waals surface area contributed by atoms with Gasteiger partial charge in [-0.15, -0.1) is 0 Å². The topological polar surface area (TPSA) is 3.24 Å². The number of allylic oxidation sites excluding steroid dienone is 2. The van der Waals surface area contributed by atoms with Gasteiger partial charge in [-0.05, 0) is 107 Å². The Kier molecular flexibility index (Phi) is 6.67. The average Bonchev–Trinajstić information content (AvgIpc) is 3.20. The van der Waals surface area contributed by atoms with E-state index in [1.54, 1.807) is 0 Å². The molecule has 0 bridgehead atoms. The van der Waals surface area contributed by atoms with Crippen LogP contribution in [0.3, 0.4) is 0 Å². The van der Waals surface area contributed by atoms with E-state index in [4.69, 9.17) is 0 Å². The number of benzene rings is 8. The van der Waals surface area contributed by atoms with Crippen molar-refractivity contribution in [2.24, 2.45) is 0 Å². The van der Waals surface area contributed by atoms with Gasteiger partial charge in [0.1, 0.15) is 0 Å². The van der Waals surface area contributed by atoms with Gasteiger partial charge < -0.3 is 4.81 Å². The van der Waals surface area contributed by atoms with E-state index in [0.717, 1.165) is 0 Å². The van der Waals surface area contributed by atoms with Crippen LogP contribution in [0.4, 0.5) is 5.69 Å². The predicted molar refractivity (Wildman–Crippen MR) is 216 cm³/mol. The Bertz CT molecular complexity index is 2700. The van der Waals surface area contributed by atoms with E-state index in [0.29, 0.717) is 0 Å². The monoisotopic (exact) mass is 633 g/mol. The molecule has 0 N–H and O–H groups in total. The lowest BCUT2D eigenvalue weighted by Crippen LogP contribution is -2.39. The second-order valence-corrected chi connectivity index (χ2v) is 13.4. The highest BCUT2D eigenvalue weighted by Gasteiger charge is 2.33. The van der Waals surface area contributed by atoms with Crippen molar-refractivity contribution in [2.45, 2.75) is 0 Å². The quantitative estimate of drug-likeness (QED) is 0.174. The standard InChI is InChI=1S/C48H32BN/c1-3-11-39-29-41(25-19-33(39)9-1)35-15-21-37(22-16-35)45-32-48-46(44-14-6-5-13-43(44)45)31-47(49-27-7-8-28-50(48)49)38-23-17-36(18-24-38)42-26-20-34-10-2-4-12-40(34)30-42/h1-32H. The van der Waals surface area contributed by atoms with Crippen LogP contribution in [-0.4, -0.2) is 6.85 Å². The zero-order chi connectivity index (χ0) is 33.0. The molecule has 10 rings (SSSR count). The Hall–Kier alpha value is -6.38. The van der Waals surface area contributed by atoms with E-state index in [-0.39, 0.29) is 6.85 Å². The third-order valence-corrected chi connectivity index (χ3v) is 10.5. The molecule has 0 aromatic heterocycles. The number of rotatable bonds is 4. The highest BCUT2D eigenvalue weighted by atomic mass is 15.1. The SMILES string of the molecule is C1=CB2C(c3ccc(-c4ccc5ccccc5c4)cc3)=Cc3c(cc(-c4ccc(-c5ccc6ccccc6c5)cc4)c4ccccc34)N2C=C1. The fourth-order valence-electron chi connectivity index (χ4n) is 7.90. The zero-order valence-corrected chi connectivity index (χ0v) is 27.5. The van der Waals surface area contributed by atoms with Gasteiger partial charge in [0, 0.05) is 11.3 Å². The first-order chi connectivity index (χ1) is 24.8. The minimum absolute atomic E-state index is 0.114. The van der Waals surface area contributed by atoms with E-state index < -0.39 is 0 Å². The first kappa shape index (κ1) is 28.6. The highest BCUT2D eigenvalue weighted by Crippen LogP contribution is 2.45. The van der Waals surface area contributed by atoms with Gasteiger partial charge in [0.15, 0.2) is 0 Å². The number of anilines is 1. The van der Waals surface area contributed by atoms with Crippen LogP contribution in [0.2, 0.25) is 0 Å². The molecule has 2 heterocycles. The molecule has 0 fully saturated rings. The smallest absolute Gasteiger partial charge is 0.320 e. The summed E-state index contributed by atoms with van der Waals surface area (Å²) in [5.41, 5.74) is 12.5. The average molecular weight is 634 g/mol. The number of nitrogens with zero attached hydrogens (tertiary/aromatic N) is 1. The largest absolute Gasteiger partial charge is 0.383 e. The van der Waals surface area contributed by atoms with Crippen LogP contribution in [0.1, 0.15) is 11.1 Å². The minimum atomic E-state index is 0.114. The van der Waals surface area contributed by atoms with E-state index in [1.165, 1.54) is 88.0 Å². The molecule has 2 aliphatic heterocycles. The van der Waals surface area contributed by atoms with E-state index in [9.17, 15) is 0 Å². The third kappa shape index (κ3) is 4.80. The first-order valence-corrected chi connectivity index (χ1v) is 17.4. The van der Waals surface area contributed by atoms with Gasteiger partial charge in [0.05, 0.1) is 0 Å². The summed E-state index contributed by atoms with van der Waals surface area (Å²) in [4.78, 5) is 2.45. The summed E-state index contributed by atoms with van der Waals surface area (Å²) < 4.78 is 0. The van der Waals surface area contributed by atoms with Gasteiger partial charge in [-0.25, -0.2) is 0 Å². The Labute approximate surface area is 292 Å². The molecule has 0 atom stereocenters. The van der Waals surface area contributed by atoms with Crippen molar-refractivity contribution in [3.63, 3.8) is 0 Å². The van der Waals surface area contributed by atoms with E-state index in [2.05, 4.69) is 199 Å². The summed E-state index contributed by atoms with van der Waals surface area (Å²) in [6.45, 7) is 0.114. The second-order valence-electron chi connectivity index (χ2n) is 13.4. The number of hydrogen-bond donors (Lipinski definition) is 0. The van der Waals surface area contributed by atoms with Gasteiger partial charge in [-0.2, -0.15) is 0 Å². The lowest BCUT2D eigenvalue weighted by molar-refractivity contribution is 1.37. The van der Waals surface area contributed by atoms with Crippen LogP contribution in [0.15, 0.2) is 188 Å². The summed E-state index contributed by atoms with van der Waals surface area (Å²) in [7, 11) is 0. The molecule has 232 valence electrons. The van der Waals surface area contributed by atoms with E-state index >= 15 is 0 Å². The van der Waals surface area contributed by atoms with Crippen LogP contribution in [0, 0.1) is 0 Å². The molecule has 1 nitrogen and oxygen atoms in total. The molecule has 0 aliphatic carbocycles. The van der Waals surface area contributed by atoms with Crippen molar-refractivity contribution in [1.29, 1.82) is 0 Å². The molecule has 0 spiro atoms. The summed E-state index contributed by atoms with van der Waals surface area (Å²) >= 11 is 0. The first-order valence-electron chi connectivity index (χ1n) is 17.4. The number of fused-ring (bicyclic) bond motifs is 7. The molecule has 0 saturated carbocycles.